The number of carbonyl (C=O) groups is 1. The van der Waals surface area contributed by atoms with Crippen LogP contribution in [0.15, 0.2) is 24.5 Å². The molecule has 0 bridgehead atoms. The quantitative estimate of drug-likeness (QED) is 0.467. The van der Waals surface area contributed by atoms with Crippen molar-refractivity contribution in [3.8, 4) is 17.0 Å². The lowest BCUT2D eigenvalue weighted by molar-refractivity contribution is 0.0776. The third-order valence-electron chi connectivity index (χ3n) is 5.03. The molecule has 10 heteroatoms. The Kier molecular flexibility index (Phi) is 5.47. The Hall–Kier alpha value is -3.66. The Morgan fingerprint density at radius 3 is 2.97 bits per heavy atom. The number of anilines is 3. The van der Waals surface area contributed by atoms with Crippen molar-refractivity contribution in [1.82, 2.24) is 9.97 Å². The first-order chi connectivity index (χ1) is 14.9. The molecule has 1 aliphatic heterocycles. The van der Waals surface area contributed by atoms with E-state index in [4.69, 9.17) is 20.3 Å². The topological polar surface area (TPSA) is 132 Å². The normalized spacial score (nSPS) is 13.7. The lowest BCUT2D eigenvalue weighted by Crippen LogP contribution is -2.23. The van der Waals surface area contributed by atoms with Crippen LogP contribution < -0.4 is 21.1 Å². The highest BCUT2D eigenvalue weighted by atomic mass is 19.1. The highest BCUT2D eigenvalue weighted by molar-refractivity contribution is 5.99. The van der Waals surface area contributed by atoms with Crippen LogP contribution in [0.25, 0.3) is 21.9 Å². The first kappa shape index (κ1) is 20.6. The van der Waals surface area contributed by atoms with E-state index in [9.17, 15) is 4.79 Å². The number of aromatic nitrogens is 2. The lowest BCUT2D eigenvalue weighted by atomic mass is 9.97. The average Bonchev–Trinajstić information content (AvgIpc) is 2.76. The summed E-state index contributed by atoms with van der Waals surface area (Å²) in [6, 6.07) is 3.21. The molecule has 31 heavy (non-hydrogen) atoms. The zero-order valence-electron chi connectivity index (χ0n) is 17.0. The van der Waals surface area contributed by atoms with Gasteiger partial charge in [0.2, 0.25) is 5.88 Å². The van der Waals surface area contributed by atoms with E-state index in [0.29, 0.717) is 35.4 Å². The molecule has 0 saturated carbocycles. The van der Waals surface area contributed by atoms with Crippen LogP contribution in [0.4, 0.5) is 26.4 Å². The molecular formula is C21H22FN5O4. The number of nitrogens with one attached hydrogen (secondary N) is 2. The van der Waals surface area contributed by atoms with Crippen LogP contribution in [-0.2, 0) is 4.74 Å². The molecule has 0 unspecified atom stereocenters. The SMILES string of the molecule is Cc1c(-c2cc3cc(NC(=O)O[C@H](C)CO)ncc3c(N)c2F)cnc2c1NCCO2. The van der Waals surface area contributed by atoms with Gasteiger partial charge in [0.05, 0.1) is 12.3 Å². The summed E-state index contributed by atoms with van der Waals surface area (Å²) < 4.78 is 25.7. The second-order valence-corrected chi connectivity index (χ2v) is 7.22. The van der Waals surface area contributed by atoms with Gasteiger partial charge in [0.25, 0.3) is 0 Å². The number of halogens is 1. The summed E-state index contributed by atoms with van der Waals surface area (Å²) in [7, 11) is 0. The first-order valence-corrected chi connectivity index (χ1v) is 9.72. The number of aliphatic hydroxyl groups is 1. The fourth-order valence-corrected chi connectivity index (χ4v) is 3.41. The van der Waals surface area contributed by atoms with Crippen LogP contribution in [0, 0.1) is 12.7 Å². The number of hydrogen-bond donors (Lipinski definition) is 4. The highest BCUT2D eigenvalue weighted by Crippen LogP contribution is 2.39. The number of benzene rings is 1. The van der Waals surface area contributed by atoms with Gasteiger partial charge in [0.15, 0.2) is 5.82 Å². The Bertz CT molecular complexity index is 1170. The number of aliphatic hydroxyl groups excluding tert-OH is 1. The van der Waals surface area contributed by atoms with Gasteiger partial charge >= 0.3 is 6.09 Å². The van der Waals surface area contributed by atoms with Crippen LogP contribution in [0.2, 0.25) is 0 Å². The number of nitrogens with zero attached hydrogens (tertiary/aromatic N) is 2. The first-order valence-electron chi connectivity index (χ1n) is 9.72. The number of carbonyl (C=O) groups excluding carboxylic acids is 1. The Morgan fingerprint density at radius 1 is 1.39 bits per heavy atom. The smallest absolute Gasteiger partial charge is 0.413 e. The van der Waals surface area contributed by atoms with Crippen molar-refractivity contribution >= 4 is 34.1 Å². The molecule has 1 atom stereocenters. The summed E-state index contributed by atoms with van der Waals surface area (Å²) in [5, 5.41) is 15.7. The molecule has 9 nitrogen and oxygen atoms in total. The summed E-state index contributed by atoms with van der Waals surface area (Å²) in [5.74, 6) is 0.107. The maximum absolute atomic E-state index is 15.2. The molecule has 5 N–H and O–H groups in total. The minimum atomic E-state index is -0.760. The summed E-state index contributed by atoms with van der Waals surface area (Å²) in [4.78, 5) is 20.3. The molecule has 4 rings (SSSR count). The number of nitrogens with two attached hydrogens (primary N) is 1. The largest absolute Gasteiger partial charge is 0.474 e. The fourth-order valence-electron chi connectivity index (χ4n) is 3.41. The van der Waals surface area contributed by atoms with E-state index in [-0.39, 0.29) is 23.7 Å². The maximum atomic E-state index is 15.2. The molecule has 0 saturated heterocycles. The lowest BCUT2D eigenvalue weighted by Gasteiger charge is -2.22. The molecule has 162 valence electrons. The standard InChI is InChI=1S/C21H22FN5O4/c1-10(9-28)31-21(29)27-16-6-12-5-13(17(22)18(23)15(12)8-25-16)14-7-26-20-19(11(14)2)24-3-4-30-20/h5-8,10,24,28H,3-4,9,23H2,1-2H3,(H,25,27,29)/t10-/m1/s1. The maximum Gasteiger partial charge on any atom is 0.413 e. The van der Waals surface area contributed by atoms with E-state index in [1.807, 2.05) is 6.92 Å². The second kappa shape index (κ2) is 8.23. The van der Waals surface area contributed by atoms with Crippen molar-refractivity contribution < 1.29 is 23.8 Å². The summed E-state index contributed by atoms with van der Waals surface area (Å²) in [5.41, 5.74) is 8.37. The van der Waals surface area contributed by atoms with Gasteiger partial charge in [-0.25, -0.2) is 19.2 Å². The Labute approximate surface area is 177 Å². The van der Waals surface area contributed by atoms with E-state index in [1.54, 1.807) is 25.3 Å². The molecule has 1 aliphatic rings. The molecule has 1 aromatic carbocycles. The van der Waals surface area contributed by atoms with E-state index >= 15 is 4.39 Å². The van der Waals surface area contributed by atoms with Crippen molar-refractivity contribution in [1.29, 1.82) is 0 Å². The van der Waals surface area contributed by atoms with Gasteiger partial charge in [-0.2, -0.15) is 0 Å². The van der Waals surface area contributed by atoms with Crippen LogP contribution >= 0.6 is 0 Å². The van der Waals surface area contributed by atoms with E-state index in [1.165, 1.54) is 6.20 Å². The monoisotopic (exact) mass is 427 g/mol. The van der Waals surface area contributed by atoms with Crippen LogP contribution in [0.1, 0.15) is 12.5 Å². The molecule has 3 heterocycles. The van der Waals surface area contributed by atoms with Crippen molar-refractivity contribution in [3.63, 3.8) is 0 Å². The summed E-state index contributed by atoms with van der Waals surface area (Å²) in [6.07, 6.45) is 1.52. The van der Waals surface area contributed by atoms with Gasteiger partial charge in [-0.15, -0.1) is 0 Å². The van der Waals surface area contributed by atoms with Gasteiger partial charge in [-0.3, -0.25) is 5.32 Å². The molecule has 0 spiro atoms. The molecular weight excluding hydrogens is 405 g/mol. The minimum absolute atomic E-state index is 0.0515. The van der Waals surface area contributed by atoms with E-state index in [0.717, 1.165) is 11.3 Å². The van der Waals surface area contributed by atoms with Crippen LogP contribution in [-0.4, -0.2) is 47.0 Å². The van der Waals surface area contributed by atoms with Gasteiger partial charge < -0.3 is 25.6 Å². The Morgan fingerprint density at radius 2 is 2.19 bits per heavy atom. The van der Waals surface area contributed by atoms with Crippen LogP contribution in [0.5, 0.6) is 5.88 Å². The number of pyridine rings is 2. The van der Waals surface area contributed by atoms with Crippen molar-refractivity contribution in [3.05, 3.63) is 35.9 Å². The number of rotatable bonds is 4. The Balaban J connectivity index is 1.75. The third kappa shape index (κ3) is 3.89. The van der Waals surface area contributed by atoms with Gasteiger partial charge in [-0.1, -0.05) is 0 Å². The zero-order valence-corrected chi connectivity index (χ0v) is 17.0. The van der Waals surface area contributed by atoms with Gasteiger partial charge in [-0.05, 0) is 36.9 Å². The molecule has 0 fully saturated rings. The summed E-state index contributed by atoms with van der Waals surface area (Å²) in [6.45, 7) is 4.25. The molecule has 1 amide bonds. The third-order valence-corrected chi connectivity index (χ3v) is 5.03. The van der Waals surface area contributed by atoms with Crippen LogP contribution in [0.3, 0.4) is 0 Å². The number of hydrogen-bond acceptors (Lipinski definition) is 8. The van der Waals surface area contributed by atoms with Crippen molar-refractivity contribution in [2.45, 2.75) is 20.0 Å². The highest BCUT2D eigenvalue weighted by Gasteiger charge is 2.21. The minimum Gasteiger partial charge on any atom is -0.474 e. The number of ether oxygens (including phenoxy) is 2. The summed E-state index contributed by atoms with van der Waals surface area (Å²) >= 11 is 0. The van der Waals surface area contributed by atoms with E-state index in [2.05, 4.69) is 20.6 Å². The van der Waals surface area contributed by atoms with Crippen molar-refractivity contribution in [2.24, 2.45) is 0 Å². The van der Waals surface area contributed by atoms with E-state index < -0.39 is 18.0 Å². The van der Waals surface area contributed by atoms with Gasteiger partial charge in [0, 0.05) is 35.5 Å². The predicted molar refractivity (Wildman–Crippen MR) is 115 cm³/mol. The number of nitrogen functional groups attached to an aromatic ring is 1. The average molecular weight is 427 g/mol. The second-order valence-electron chi connectivity index (χ2n) is 7.22. The molecule has 3 aromatic rings. The zero-order chi connectivity index (χ0) is 22.1. The fraction of sp³-hybridized carbons (Fsp3) is 0.286. The molecule has 0 radical (unpaired) electrons. The molecule has 0 aliphatic carbocycles. The number of fused-ring (bicyclic) bond motifs is 2. The molecule has 2 aromatic heterocycles. The van der Waals surface area contributed by atoms with Gasteiger partial charge in [0.1, 0.15) is 24.2 Å². The number of amides is 1. The van der Waals surface area contributed by atoms with Crippen molar-refractivity contribution in [2.75, 3.05) is 36.1 Å². The predicted octanol–water partition coefficient (Wildman–Crippen LogP) is 3.06.